The molecule has 1 amide bonds. The normalized spacial score (nSPS) is 11.2. The van der Waals surface area contributed by atoms with Gasteiger partial charge in [0.25, 0.3) is 11.5 Å². The lowest BCUT2D eigenvalue weighted by Gasteiger charge is -2.13. The summed E-state index contributed by atoms with van der Waals surface area (Å²) in [6.07, 6.45) is 0.376. The highest BCUT2D eigenvalue weighted by atomic mass is 35.5. The number of aromatic nitrogens is 2. The molecule has 0 unspecified atom stereocenters. The Morgan fingerprint density at radius 2 is 1.93 bits per heavy atom. The number of benzene rings is 2. The van der Waals surface area contributed by atoms with Crippen molar-refractivity contribution < 1.29 is 9.18 Å². The molecule has 4 aromatic rings. The molecule has 152 valence electrons. The van der Waals surface area contributed by atoms with Crippen LogP contribution in [0.1, 0.15) is 32.2 Å². The number of carbonyl (C=O) groups excluding carboxylic acids is 1. The molecule has 0 saturated carbocycles. The van der Waals surface area contributed by atoms with Crippen molar-refractivity contribution in [2.45, 2.75) is 19.9 Å². The van der Waals surface area contributed by atoms with E-state index >= 15 is 0 Å². The third-order valence-corrected chi connectivity index (χ3v) is 6.31. The zero-order valence-corrected chi connectivity index (χ0v) is 17.6. The van der Waals surface area contributed by atoms with Crippen molar-refractivity contribution >= 4 is 39.1 Å². The van der Waals surface area contributed by atoms with Crippen LogP contribution in [0.15, 0.2) is 53.3 Å². The summed E-state index contributed by atoms with van der Waals surface area (Å²) in [5.41, 5.74) is 7.26. The van der Waals surface area contributed by atoms with Crippen molar-refractivity contribution in [2.24, 2.45) is 5.73 Å². The minimum absolute atomic E-state index is 0.156. The predicted octanol–water partition coefficient (Wildman–Crippen LogP) is 4.30. The molecule has 2 N–H and O–H groups in total. The van der Waals surface area contributed by atoms with Crippen molar-refractivity contribution in [3.05, 3.63) is 97.1 Å². The van der Waals surface area contributed by atoms with E-state index in [1.54, 1.807) is 31.2 Å². The first-order valence-corrected chi connectivity index (χ1v) is 10.3. The average molecular weight is 442 g/mol. The molecule has 0 saturated heterocycles. The van der Waals surface area contributed by atoms with Gasteiger partial charge in [-0.3, -0.25) is 14.2 Å². The first-order valence-electron chi connectivity index (χ1n) is 9.15. The molecule has 5 nitrogen and oxygen atoms in total. The average Bonchev–Trinajstić information content (AvgIpc) is 3.03. The zero-order valence-electron chi connectivity index (χ0n) is 16.0. The van der Waals surface area contributed by atoms with Crippen LogP contribution >= 0.6 is 22.9 Å². The largest absolute Gasteiger partial charge is 0.365 e. The van der Waals surface area contributed by atoms with Crippen LogP contribution in [0, 0.1) is 12.7 Å². The lowest BCUT2D eigenvalue weighted by Crippen LogP contribution is -2.26. The summed E-state index contributed by atoms with van der Waals surface area (Å²) in [6, 6.07) is 13.3. The van der Waals surface area contributed by atoms with Gasteiger partial charge in [-0.1, -0.05) is 35.9 Å². The van der Waals surface area contributed by atoms with Crippen LogP contribution in [0.25, 0.3) is 10.2 Å². The van der Waals surface area contributed by atoms with Crippen LogP contribution in [0.4, 0.5) is 4.39 Å². The lowest BCUT2D eigenvalue weighted by molar-refractivity contribution is 0.100. The molecule has 0 fully saturated rings. The number of primary amides is 1. The van der Waals surface area contributed by atoms with E-state index in [0.29, 0.717) is 43.5 Å². The van der Waals surface area contributed by atoms with E-state index in [4.69, 9.17) is 17.3 Å². The quantitative estimate of drug-likeness (QED) is 0.501. The molecule has 0 aliphatic heterocycles. The van der Waals surface area contributed by atoms with Crippen LogP contribution in [0.3, 0.4) is 0 Å². The van der Waals surface area contributed by atoms with Crippen LogP contribution in [0.5, 0.6) is 0 Å². The van der Waals surface area contributed by atoms with E-state index in [1.807, 2.05) is 12.1 Å². The van der Waals surface area contributed by atoms with E-state index in [2.05, 4.69) is 4.98 Å². The number of amides is 1. The molecule has 30 heavy (non-hydrogen) atoms. The molecule has 0 radical (unpaired) electrons. The molecule has 0 spiro atoms. The van der Waals surface area contributed by atoms with Crippen molar-refractivity contribution in [1.29, 1.82) is 0 Å². The van der Waals surface area contributed by atoms with Crippen LogP contribution < -0.4 is 11.3 Å². The molecule has 0 atom stereocenters. The van der Waals surface area contributed by atoms with Crippen LogP contribution in [-0.4, -0.2) is 15.5 Å². The number of rotatable bonds is 5. The topological polar surface area (TPSA) is 78.0 Å². The summed E-state index contributed by atoms with van der Waals surface area (Å²) < 4.78 is 15.2. The number of nitrogens with zero attached hydrogens (tertiary/aromatic N) is 2. The second-order valence-corrected chi connectivity index (χ2v) is 8.39. The summed E-state index contributed by atoms with van der Waals surface area (Å²) in [4.78, 5) is 30.6. The number of thiophene rings is 1. The summed E-state index contributed by atoms with van der Waals surface area (Å²) in [5, 5.41) is 0.976. The molecule has 0 aliphatic rings. The highest BCUT2D eigenvalue weighted by Gasteiger charge is 2.20. The molecule has 0 aliphatic carbocycles. The monoisotopic (exact) mass is 441 g/mol. The number of hydrogen-bond donors (Lipinski definition) is 1. The second-order valence-electron chi connectivity index (χ2n) is 6.95. The van der Waals surface area contributed by atoms with E-state index in [0.717, 1.165) is 16.9 Å². The number of halogens is 2. The van der Waals surface area contributed by atoms with Gasteiger partial charge >= 0.3 is 0 Å². The Kier molecular flexibility index (Phi) is 5.40. The van der Waals surface area contributed by atoms with E-state index in [9.17, 15) is 14.0 Å². The molecule has 2 aromatic carbocycles. The molecule has 2 aromatic heterocycles. The smallest absolute Gasteiger partial charge is 0.262 e. The Morgan fingerprint density at radius 1 is 1.20 bits per heavy atom. The highest BCUT2D eigenvalue weighted by Crippen LogP contribution is 2.27. The van der Waals surface area contributed by atoms with Gasteiger partial charge in [0.15, 0.2) is 0 Å². The Labute approximate surface area is 180 Å². The molecular weight excluding hydrogens is 425 g/mol. The number of nitrogens with two attached hydrogens (primary N) is 1. The van der Waals surface area contributed by atoms with Crippen LogP contribution in [-0.2, 0) is 13.0 Å². The number of carbonyl (C=O) groups is 1. The maximum atomic E-state index is 13.7. The summed E-state index contributed by atoms with van der Waals surface area (Å²) in [7, 11) is 0. The SMILES string of the molecule is Cc1c(C(N)=O)sc2nc(Cc3ccc(Cl)cc3)n(Cc3cccc(F)c3)c(=O)c12. The van der Waals surface area contributed by atoms with Gasteiger partial charge in [0.05, 0.1) is 16.8 Å². The maximum absolute atomic E-state index is 13.7. The summed E-state index contributed by atoms with van der Waals surface area (Å²) in [6.45, 7) is 1.84. The number of aryl methyl sites for hydroxylation is 1. The lowest BCUT2D eigenvalue weighted by atomic mass is 10.1. The zero-order chi connectivity index (χ0) is 21.4. The van der Waals surface area contributed by atoms with Crippen molar-refractivity contribution in [3.8, 4) is 0 Å². The molecule has 4 rings (SSSR count). The van der Waals surface area contributed by atoms with Gasteiger partial charge in [0, 0.05) is 11.4 Å². The van der Waals surface area contributed by atoms with E-state index < -0.39 is 5.91 Å². The Balaban J connectivity index is 1.91. The fraction of sp³-hybridized carbons (Fsp3) is 0.136. The van der Waals surface area contributed by atoms with Gasteiger partial charge in [0.2, 0.25) is 0 Å². The van der Waals surface area contributed by atoms with Crippen LogP contribution in [0.2, 0.25) is 5.02 Å². The summed E-state index contributed by atoms with van der Waals surface area (Å²) >= 11 is 7.08. The molecule has 8 heteroatoms. The van der Waals surface area contributed by atoms with Gasteiger partial charge in [-0.25, -0.2) is 9.37 Å². The minimum atomic E-state index is -0.592. The number of fused-ring (bicyclic) bond motifs is 1. The first kappa shape index (κ1) is 20.3. The van der Waals surface area contributed by atoms with Gasteiger partial charge in [-0.05, 0) is 47.9 Å². The standard InChI is InChI=1S/C22H17ClFN3O2S/c1-12-18-21(30-19(12)20(25)28)26-17(10-13-5-7-15(23)8-6-13)27(22(18)29)11-14-3-2-4-16(24)9-14/h2-9H,10-11H2,1H3,(H2,25,28). The first-order chi connectivity index (χ1) is 14.3. The van der Waals surface area contributed by atoms with E-state index in [1.165, 1.54) is 16.7 Å². The second kappa shape index (κ2) is 8.01. The fourth-order valence-electron chi connectivity index (χ4n) is 3.39. The number of hydrogen-bond acceptors (Lipinski definition) is 4. The van der Waals surface area contributed by atoms with Crippen molar-refractivity contribution in [3.63, 3.8) is 0 Å². The van der Waals surface area contributed by atoms with E-state index in [-0.39, 0.29) is 17.9 Å². The van der Waals surface area contributed by atoms with Gasteiger partial charge < -0.3 is 5.73 Å². The maximum Gasteiger partial charge on any atom is 0.262 e. The molecule has 2 heterocycles. The van der Waals surface area contributed by atoms with Gasteiger partial charge in [0.1, 0.15) is 16.5 Å². The molecular formula is C22H17ClFN3O2S. The third-order valence-electron chi connectivity index (χ3n) is 4.86. The van der Waals surface area contributed by atoms with Crippen molar-refractivity contribution in [2.75, 3.05) is 0 Å². The summed E-state index contributed by atoms with van der Waals surface area (Å²) in [5.74, 6) is -0.459. The molecule has 0 bridgehead atoms. The Bertz CT molecular complexity index is 1330. The van der Waals surface area contributed by atoms with Crippen molar-refractivity contribution in [1.82, 2.24) is 9.55 Å². The Morgan fingerprint density at radius 3 is 2.60 bits per heavy atom. The third kappa shape index (κ3) is 3.86. The van der Waals surface area contributed by atoms with Gasteiger partial charge in [-0.15, -0.1) is 11.3 Å². The van der Waals surface area contributed by atoms with Gasteiger partial charge in [-0.2, -0.15) is 0 Å². The minimum Gasteiger partial charge on any atom is -0.365 e. The highest BCUT2D eigenvalue weighted by molar-refractivity contribution is 7.20. The predicted molar refractivity (Wildman–Crippen MR) is 117 cm³/mol. The Hall–Kier alpha value is -3.03. The fourth-order valence-corrected chi connectivity index (χ4v) is 4.56.